The number of fused-ring (bicyclic) bond motifs is 8. The zero-order chi connectivity index (χ0) is 36.6. The number of hydrogen-bond donors (Lipinski definition) is 2. The molecular formula is C40H53N5O5. The molecule has 4 aromatic rings. The van der Waals surface area contributed by atoms with Crippen molar-refractivity contribution >= 4 is 17.4 Å². The number of ether oxygens (including phenoxy) is 2. The maximum absolute atomic E-state index is 11.9. The van der Waals surface area contributed by atoms with E-state index >= 15 is 0 Å². The highest BCUT2D eigenvalue weighted by Crippen LogP contribution is 2.37. The van der Waals surface area contributed by atoms with Crippen LogP contribution in [0.4, 0.5) is 5.82 Å². The highest BCUT2D eigenvalue weighted by atomic mass is 16.5. The standard InChI is InChI=1S/C34H37N5O4.C4H10O.C2H6/c1-22-7-4-5-16-42-34(3)12-14-38(15-13-34)33-27(19-32(40)41)23(2)36-31-20-29(37-39(31)33)26-9-6-8-25(18-26)28-17-24(21-35)10-11-30(28)43-22;1-4(2,3)5;1-2/h6,8-11,17-18,20,22H,4-5,7,12-16,19H2,1-3H3,(H,40,41);5H,1-3H3;1-2H3/t22-;;/m0../s1. The van der Waals surface area contributed by atoms with Crippen molar-refractivity contribution in [2.24, 2.45) is 0 Å². The normalized spacial score (nSPS) is 19.2. The maximum atomic E-state index is 11.9. The van der Waals surface area contributed by atoms with Crippen molar-refractivity contribution < 1.29 is 24.5 Å². The van der Waals surface area contributed by atoms with Gasteiger partial charge in [0.15, 0.2) is 5.65 Å². The van der Waals surface area contributed by atoms with Gasteiger partial charge in [0.2, 0.25) is 0 Å². The predicted molar refractivity (Wildman–Crippen MR) is 198 cm³/mol. The summed E-state index contributed by atoms with van der Waals surface area (Å²) in [6.45, 7) is 17.5. The van der Waals surface area contributed by atoms with Crippen molar-refractivity contribution in [3.8, 4) is 34.2 Å². The Morgan fingerprint density at radius 1 is 1.08 bits per heavy atom. The number of benzene rings is 2. The van der Waals surface area contributed by atoms with Gasteiger partial charge in [0, 0.05) is 48.1 Å². The van der Waals surface area contributed by atoms with Gasteiger partial charge < -0.3 is 24.6 Å². The smallest absolute Gasteiger partial charge is 0.308 e. The molecule has 0 amide bonds. The van der Waals surface area contributed by atoms with Crippen LogP contribution in [0.2, 0.25) is 0 Å². The first-order chi connectivity index (χ1) is 23.7. The Kier molecular flexibility index (Phi) is 12.7. The highest BCUT2D eigenvalue weighted by molar-refractivity contribution is 5.78. The summed E-state index contributed by atoms with van der Waals surface area (Å²) in [7, 11) is 0. The van der Waals surface area contributed by atoms with E-state index in [1.54, 1.807) is 26.8 Å². The molecule has 1 saturated heterocycles. The zero-order valence-corrected chi connectivity index (χ0v) is 30.9. The van der Waals surface area contributed by atoms with E-state index in [4.69, 9.17) is 24.7 Å². The van der Waals surface area contributed by atoms with Gasteiger partial charge in [-0.2, -0.15) is 14.9 Å². The molecule has 10 nitrogen and oxygen atoms in total. The molecule has 5 heterocycles. The van der Waals surface area contributed by atoms with Crippen molar-refractivity contribution in [1.82, 2.24) is 14.6 Å². The Morgan fingerprint density at radius 2 is 1.76 bits per heavy atom. The molecule has 268 valence electrons. The van der Waals surface area contributed by atoms with Crippen molar-refractivity contribution in [3.05, 3.63) is 65.4 Å². The number of aliphatic hydroxyl groups is 1. The molecule has 10 heteroatoms. The van der Waals surface area contributed by atoms with Gasteiger partial charge >= 0.3 is 5.97 Å². The zero-order valence-electron chi connectivity index (χ0n) is 30.9. The van der Waals surface area contributed by atoms with Crippen LogP contribution >= 0.6 is 0 Å². The van der Waals surface area contributed by atoms with Crippen LogP contribution in [0.1, 0.15) is 97.4 Å². The lowest BCUT2D eigenvalue weighted by Crippen LogP contribution is -2.45. The summed E-state index contributed by atoms with van der Waals surface area (Å²) < 4.78 is 14.7. The summed E-state index contributed by atoms with van der Waals surface area (Å²) in [5, 5.41) is 32.9. The first-order valence-corrected chi connectivity index (χ1v) is 17.8. The third-order valence-corrected chi connectivity index (χ3v) is 8.69. The van der Waals surface area contributed by atoms with Gasteiger partial charge in [-0.3, -0.25) is 4.79 Å². The highest BCUT2D eigenvalue weighted by Gasteiger charge is 2.33. The number of rotatable bonds is 2. The van der Waals surface area contributed by atoms with Crippen LogP contribution in [-0.2, 0) is 16.0 Å². The van der Waals surface area contributed by atoms with Gasteiger partial charge in [0.05, 0.1) is 41.1 Å². The number of aromatic nitrogens is 3. The number of hydrogen-bond acceptors (Lipinski definition) is 8. The molecule has 2 N–H and O–H groups in total. The van der Waals surface area contributed by atoms with Crippen LogP contribution in [0.3, 0.4) is 0 Å². The number of aryl methyl sites for hydroxylation is 1. The first kappa shape index (κ1) is 38.3. The Hall–Kier alpha value is -4.46. The molecule has 2 aromatic carbocycles. The van der Waals surface area contributed by atoms with Gasteiger partial charge in [-0.05, 0) is 103 Å². The van der Waals surface area contributed by atoms with Crippen LogP contribution in [0, 0.1) is 18.3 Å². The molecule has 7 rings (SSSR count). The van der Waals surface area contributed by atoms with E-state index in [1.807, 2.05) is 61.7 Å². The van der Waals surface area contributed by atoms with Crippen LogP contribution in [0.5, 0.6) is 5.75 Å². The minimum Gasteiger partial charge on any atom is -0.490 e. The van der Waals surface area contributed by atoms with Crippen molar-refractivity contribution in [2.75, 3.05) is 24.6 Å². The van der Waals surface area contributed by atoms with E-state index in [2.05, 4.69) is 30.9 Å². The molecule has 0 spiro atoms. The maximum Gasteiger partial charge on any atom is 0.308 e. The summed E-state index contributed by atoms with van der Waals surface area (Å²) in [4.78, 5) is 19.0. The SMILES string of the molecule is CC.CC(C)(C)O.Cc1nc2cc3nn2c(c1CC(=O)O)N1CCC(C)(CC1)OCCCC[C@H](C)Oc1ccc(C#N)cc1-c1cccc-3c1. The molecule has 0 aliphatic carbocycles. The number of carboxylic acids is 1. The number of anilines is 1. The molecule has 3 aliphatic heterocycles. The molecule has 0 radical (unpaired) electrons. The van der Waals surface area contributed by atoms with E-state index in [9.17, 15) is 15.2 Å². The monoisotopic (exact) mass is 683 g/mol. The van der Waals surface area contributed by atoms with E-state index < -0.39 is 11.6 Å². The minimum atomic E-state index is -0.899. The van der Waals surface area contributed by atoms with Crippen LogP contribution in [-0.4, -0.2) is 67.8 Å². The van der Waals surface area contributed by atoms with Crippen LogP contribution < -0.4 is 9.64 Å². The van der Waals surface area contributed by atoms with Gasteiger partial charge in [-0.15, -0.1) is 0 Å². The van der Waals surface area contributed by atoms with E-state index in [1.165, 1.54) is 0 Å². The van der Waals surface area contributed by atoms with Crippen LogP contribution in [0.15, 0.2) is 48.5 Å². The molecule has 3 aliphatic rings. The van der Waals surface area contributed by atoms with E-state index in [0.29, 0.717) is 29.1 Å². The molecule has 2 aromatic heterocycles. The Labute approximate surface area is 296 Å². The third kappa shape index (κ3) is 9.83. The summed E-state index contributed by atoms with van der Waals surface area (Å²) in [6.07, 6.45) is 4.36. The minimum absolute atomic E-state index is 0.00506. The fourth-order valence-corrected chi connectivity index (χ4v) is 6.20. The van der Waals surface area contributed by atoms with Crippen molar-refractivity contribution in [3.63, 3.8) is 0 Å². The number of piperidine rings is 1. The summed E-state index contributed by atoms with van der Waals surface area (Å²) in [6, 6.07) is 17.8. The van der Waals surface area contributed by atoms with Gasteiger partial charge in [0.1, 0.15) is 11.6 Å². The average Bonchev–Trinajstić information content (AvgIpc) is 3.49. The number of nitriles is 1. The molecule has 6 bridgehead atoms. The first-order valence-electron chi connectivity index (χ1n) is 17.8. The lowest BCUT2D eigenvalue weighted by molar-refractivity contribution is -0.136. The molecule has 1 fully saturated rings. The second-order valence-electron chi connectivity index (χ2n) is 14.2. The largest absolute Gasteiger partial charge is 0.490 e. The van der Waals surface area contributed by atoms with E-state index in [0.717, 1.165) is 79.1 Å². The lowest BCUT2D eigenvalue weighted by Gasteiger charge is -2.41. The second kappa shape index (κ2) is 16.5. The van der Waals surface area contributed by atoms with Gasteiger partial charge in [0.25, 0.3) is 0 Å². The van der Waals surface area contributed by atoms with Gasteiger partial charge in [-0.25, -0.2) is 4.98 Å². The number of aliphatic carboxylic acids is 1. The fourth-order valence-electron chi connectivity index (χ4n) is 6.20. The molecule has 1 atom stereocenters. The Balaban J connectivity index is 0.000000738. The summed E-state index contributed by atoms with van der Waals surface area (Å²) >= 11 is 0. The Morgan fingerprint density at radius 3 is 2.42 bits per heavy atom. The second-order valence-corrected chi connectivity index (χ2v) is 14.2. The third-order valence-electron chi connectivity index (χ3n) is 8.69. The molecule has 0 saturated carbocycles. The molecule has 50 heavy (non-hydrogen) atoms. The Bertz CT molecular complexity index is 1810. The number of carbonyl (C=O) groups is 1. The lowest BCUT2D eigenvalue weighted by atomic mass is 9.92. The quantitative estimate of drug-likeness (QED) is 0.216. The fraction of sp³-hybridized carbons (Fsp3) is 0.500. The van der Waals surface area contributed by atoms with E-state index in [-0.39, 0.29) is 18.1 Å². The molecular weight excluding hydrogens is 630 g/mol. The summed E-state index contributed by atoms with van der Waals surface area (Å²) in [5.74, 6) is 0.624. The predicted octanol–water partition coefficient (Wildman–Crippen LogP) is 8.00. The van der Waals surface area contributed by atoms with Crippen molar-refractivity contribution in [1.29, 1.82) is 5.26 Å². The number of nitrogens with zero attached hydrogens (tertiary/aromatic N) is 5. The van der Waals surface area contributed by atoms with Crippen LogP contribution in [0.25, 0.3) is 28.0 Å². The topological polar surface area (TPSA) is 133 Å². The van der Waals surface area contributed by atoms with Gasteiger partial charge in [-0.1, -0.05) is 32.0 Å². The number of carboxylic acid groups (broad SMARTS) is 1. The summed E-state index contributed by atoms with van der Waals surface area (Å²) in [5.41, 5.74) is 5.26. The average molecular weight is 684 g/mol. The van der Waals surface area contributed by atoms with Crippen molar-refractivity contribution in [2.45, 2.75) is 111 Å². The molecule has 0 unspecified atom stereocenters.